The fourth-order valence-corrected chi connectivity index (χ4v) is 2.66. The van der Waals surface area contributed by atoms with Crippen LogP contribution in [0.5, 0.6) is 0 Å². The quantitative estimate of drug-likeness (QED) is 0.401. The van der Waals surface area contributed by atoms with Crippen LogP contribution in [0.15, 0.2) is 42.7 Å². The molecule has 0 bridgehead atoms. The molecule has 0 spiro atoms. The zero-order valence-corrected chi connectivity index (χ0v) is 13.8. The van der Waals surface area contributed by atoms with Crippen molar-refractivity contribution in [2.75, 3.05) is 14.2 Å². The number of imidazole rings is 1. The molecule has 0 radical (unpaired) electrons. The van der Waals surface area contributed by atoms with E-state index in [0.29, 0.717) is 16.8 Å². The lowest BCUT2D eigenvalue weighted by Crippen LogP contribution is -2.17. The second-order valence-electron chi connectivity index (χ2n) is 5.22. The lowest BCUT2D eigenvalue weighted by Gasteiger charge is -2.14. The fourth-order valence-electron chi connectivity index (χ4n) is 2.66. The number of fused-ring (bicyclic) bond motifs is 1. The number of pyridine rings is 1. The van der Waals surface area contributed by atoms with Crippen LogP contribution in [-0.2, 0) is 9.47 Å². The summed E-state index contributed by atoms with van der Waals surface area (Å²) in [6.45, 7) is 0. The van der Waals surface area contributed by atoms with Crippen molar-refractivity contribution in [1.82, 2.24) is 9.38 Å². The molecule has 132 valence electrons. The monoisotopic (exact) mass is 355 g/mol. The van der Waals surface area contributed by atoms with Gasteiger partial charge in [0.1, 0.15) is 11.3 Å². The molecular weight excluding hydrogens is 342 g/mol. The van der Waals surface area contributed by atoms with Crippen LogP contribution in [0.1, 0.15) is 20.8 Å². The second kappa shape index (κ2) is 6.63. The summed E-state index contributed by atoms with van der Waals surface area (Å²) in [4.78, 5) is 39.2. The molecule has 0 N–H and O–H groups in total. The number of methoxy groups -OCH3 is 2. The Morgan fingerprint density at radius 2 is 1.77 bits per heavy atom. The molecule has 0 saturated carbocycles. The summed E-state index contributed by atoms with van der Waals surface area (Å²) >= 11 is 0. The Balaban J connectivity index is 2.35. The van der Waals surface area contributed by atoms with Gasteiger partial charge in [-0.15, -0.1) is 0 Å². The molecule has 0 aliphatic heterocycles. The number of hydrogen-bond acceptors (Lipinski definition) is 7. The first-order valence-electron chi connectivity index (χ1n) is 7.39. The van der Waals surface area contributed by atoms with E-state index in [0.717, 1.165) is 0 Å². The van der Waals surface area contributed by atoms with E-state index in [-0.39, 0.29) is 16.9 Å². The minimum atomic E-state index is -0.741. The van der Waals surface area contributed by atoms with Gasteiger partial charge in [-0.1, -0.05) is 0 Å². The molecule has 9 heteroatoms. The summed E-state index contributed by atoms with van der Waals surface area (Å²) in [5.41, 5.74) is 1.11. The van der Waals surface area contributed by atoms with Crippen LogP contribution < -0.4 is 0 Å². The normalized spacial score (nSPS) is 10.5. The number of hydrogen-bond donors (Lipinski definition) is 0. The van der Waals surface area contributed by atoms with Gasteiger partial charge >= 0.3 is 11.9 Å². The number of esters is 2. The van der Waals surface area contributed by atoms with Gasteiger partial charge in [0.25, 0.3) is 5.69 Å². The van der Waals surface area contributed by atoms with E-state index in [1.165, 1.54) is 55.3 Å². The number of carbonyl (C=O) groups excluding carboxylic acids is 2. The van der Waals surface area contributed by atoms with Crippen LogP contribution in [0.4, 0.5) is 5.69 Å². The molecular formula is C17H13N3O6. The first-order valence-corrected chi connectivity index (χ1v) is 7.39. The van der Waals surface area contributed by atoms with E-state index in [1.54, 1.807) is 6.07 Å². The molecule has 0 atom stereocenters. The molecule has 2 aromatic heterocycles. The third kappa shape index (κ3) is 2.75. The first kappa shape index (κ1) is 17.1. The molecule has 0 amide bonds. The summed E-state index contributed by atoms with van der Waals surface area (Å²) < 4.78 is 11.1. The summed E-state index contributed by atoms with van der Waals surface area (Å²) in [5.74, 6) is -1.48. The number of nitrogens with zero attached hydrogens (tertiary/aromatic N) is 3. The predicted molar refractivity (Wildman–Crippen MR) is 90.0 cm³/mol. The third-order valence-corrected chi connectivity index (χ3v) is 3.85. The van der Waals surface area contributed by atoms with Gasteiger partial charge in [-0.2, -0.15) is 0 Å². The summed E-state index contributed by atoms with van der Waals surface area (Å²) in [6.07, 6.45) is 3.00. The van der Waals surface area contributed by atoms with Crippen molar-refractivity contribution in [2.45, 2.75) is 0 Å². The van der Waals surface area contributed by atoms with Crippen LogP contribution in [0.25, 0.3) is 16.8 Å². The van der Waals surface area contributed by atoms with E-state index in [1.807, 2.05) is 0 Å². The lowest BCUT2D eigenvalue weighted by atomic mass is 9.98. The second-order valence-corrected chi connectivity index (χ2v) is 5.22. The molecule has 0 saturated heterocycles. The van der Waals surface area contributed by atoms with Gasteiger partial charge < -0.3 is 9.47 Å². The van der Waals surface area contributed by atoms with Crippen molar-refractivity contribution in [2.24, 2.45) is 0 Å². The molecule has 0 unspecified atom stereocenters. The molecule has 0 aliphatic rings. The van der Waals surface area contributed by atoms with Crippen molar-refractivity contribution < 1.29 is 24.0 Å². The largest absolute Gasteiger partial charge is 0.465 e. The number of nitro benzene ring substituents is 1. The van der Waals surface area contributed by atoms with Gasteiger partial charge in [-0.05, 0) is 23.8 Å². The van der Waals surface area contributed by atoms with Crippen molar-refractivity contribution >= 4 is 23.3 Å². The van der Waals surface area contributed by atoms with E-state index < -0.39 is 16.9 Å². The fraction of sp³-hybridized carbons (Fsp3) is 0.118. The first-order chi connectivity index (χ1) is 12.5. The maximum Gasteiger partial charge on any atom is 0.356 e. The number of ether oxygens (including phenoxy) is 2. The lowest BCUT2D eigenvalue weighted by molar-refractivity contribution is -0.384. The highest BCUT2D eigenvalue weighted by Crippen LogP contribution is 2.30. The van der Waals surface area contributed by atoms with Gasteiger partial charge in [-0.3, -0.25) is 14.5 Å². The van der Waals surface area contributed by atoms with Gasteiger partial charge in [0.05, 0.1) is 24.7 Å². The van der Waals surface area contributed by atoms with Crippen molar-refractivity contribution in [1.29, 1.82) is 0 Å². The Labute approximate surface area is 146 Å². The zero-order valence-electron chi connectivity index (χ0n) is 13.8. The topological polar surface area (TPSA) is 113 Å². The number of aromatic nitrogens is 2. The third-order valence-electron chi connectivity index (χ3n) is 3.85. The van der Waals surface area contributed by atoms with Crippen LogP contribution in [-0.4, -0.2) is 40.5 Å². The number of non-ortho nitro benzene ring substituents is 1. The Kier molecular flexibility index (Phi) is 4.36. The van der Waals surface area contributed by atoms with Crippen molar-refractivity contribution in [3.05, 3.63) is 64.1 Å². The minimum Gasteiger partial charge on any atom is -0.465 e. The van der Waals surface area contributed by atoms with E-state index >= 15 is 0 Å². The molecule has 3 aromatic rings. The van der Waals surface area contributed by atoms with Crippen LogP contribution in [0.2, 0.25) is 0 Å². The highest BCUT2D eigenvalue weighted by molar-refractivity contribution is 6.07. The van der Waals surface area contributed by atoms with Crippen molar-refractivity contribution in [3.63, 3.8) is 0 Å². The van der Waals surface area contributed by atoms with E-state index in [4.69, 9.17) is 9.47 Å². The van der Waals surface area contributed by atoms with Gasteiger partial charge in [0.2, 0.25) is 0 Å². The average molecular weight is 355 g/mol. The number of nitro groups is 1. The highest BCUT2D eigenvalue weighted by Gasteiger charge is 2.27. The molecule has 9 nitrogen and oxygen atoms in total. The Morgan fingerprint density at radius 3 is 2.35 bits per heavy atom. The number of carbonyl (C=O) groups is 2. The Bertz CT molecular complexity index is 1020. The molecule has 26 heavy (non-hydrogen) atoms. The molecule has 3 rings (SSSR count). The molecule has 1 aromatic carbocycles. The average Bonchev–Trinajstić information content (AvgIpc) is 3.13. The van der Waals surface area contributed by atoms with E-state index in [2.05, 4.69) is 4.98 Å². The number of rotatable bonds is 4. The van der Waals surface area contributed by atoms with Gasteiger partial charge in [-0.25, -0.2) is 14.6 Å². The van der Waals surface area contributed by atoms with E-state index in [9.17, 15) is 19.7 Å². The summed E-state index contributed by atoms with van der Waals surface area (Å²) in [5, 5.41) is 10.8. The molecule has 2 heterocycles. The van der Waals surface area contributed by atoms with Crippen molar-refractivity contribution in [3.8, 4) is 11.1 Å². The van der Waals surface area contributed by atoms with Crippen LogP contribution >= 0.6 is 0 Å². The number of benzene rings is 1. The Morgan fingerprint density at radius 1 is 1.12 bits per heavy atom. The smallest absolute Gasteiger partial charge is 0.356 e. The van der Waals surface area contributed by atoms with Crippen LogP contribution in [0, 0.1) is 10.1 Å². The highest BCUT2D eigenvalue weighted by atomic mass is 16.6. The van der Waals surface area contributed by atoms with Gasteiger partial charge in [0, 0.05) is 30.1 Å². The summed E-state index contributed by atoms with van der Waals surface area (Å²) in [6, 6.07) is 7.19. The summed E-state index contributed by atoms with van der Waals surface area (Å²) in [7, 11) is 2.39. The SMILES string of the molecule is COC(=O)c1c(-c2ccc([N+](=O)[O-])cc2)cc2nccn2c1C(=O)OC. The Hall–Kier alpha value is -3.75. The van der Waals surface area contributed by atoms with Crippen LogP contribution in [0.3, 0.4) is 0 Å². The zero-order chi connectivity index (χ0) is 18.8. The van der Waals surface area contributed by atoms with Gasteiger partial charge in [0.15, 0.2) is 0 Å². The minimum absolute atomic E-state index is 0.0151. The maximum absolute atomic E-state index is 12.4. The standard InChI is InChI=1S/C17H13N3O6/c1-25-16(21)14-12(10-3-5-11(6-4-10)20(23)24)9-13-18-7-8-19(13)15(14)17(22)26-2/h3-9H,1-2H3. The predicted octanol–water partition coefficient (Wildman–Crippen LogP) is 2.48. The maximum atomic E-state index is 12.4. The molecule has 0 fully saturated rings. The molecule has 0 aliphatic carbocycles.